The summed E-state index contributed by atoms with van der Waals surface area (Å²) in [6.45, 7) is 1.71. The fourth-order valence-electron chi connectivity index (χ4n) is 3.16. The van der Waals surface area contributed by atoms with Gasteiger partial charge in [-0.2, -0.15) is 0 Å². The van der Waals surface area contributed by atoms with Gasteiger partial charge in [-0.25, -0.2) is 0 Å². The number of hydrogen-bond acceptors (Lipinski definition) is 6. The Hall–Kier alpha value is -2.55. The first kappa shape index (κ1) is 19.2. The van der Waals surface area contributed by atoms with Crippen molar-refractivity contribution in [3.05, 3.63) is 41.7 Å². The molecule has 1 aliphatic heterocycles. The molecule has 0 unspecified atom stereocenters. The van der Waals surface area contributed by atoms with Crippen LogP contribution in [-0.4, -0.2) is 45.8 Å². The van der Waals surface area contributed by atoms with Gasteiger partial charge in [-0.15, -0.1) is 0 Å². The molecule has 8 heteroatoms. The van der Waals surface area contributed by atoms with E-state index in [0.717, 1.165) is 5.56 Å². The third-order valence-electron chi connectivity index (χ3n) is 4.43. The highest BCUT2D eigenvalue weighted by atomic mass is 16.7. The van der Waals surface area contributed by atoms with Crippen LogP contribution in [0.2, 0.25) is 0 Å². The molecular weight excluding hydrogens is 350 g/mol. The third kappa shape index (κ3) is 4.60. The molecule has 1 aliphatic rings. The number of hydrogen-bond donors (Lipinski definition) is 4. The van der Waals surface area contributed by atoms with Crippen LogP contribution in [0, 0.1) is 6.92 Å². The lowest BCUT2D eigenvalue weighted by Crippen LogP contribution is -2.40. The molecule has 0 bridgehead atoms. The minimum atomic E-state index is -0.749. The number of nitrogens with one attached hydrogen (secondary N) is 1. The Kier molecular flexibility index (Phi) is 5.69. The van der Waals surface area contributed by atoms with E-state index in [1.807, 2.05) is 13.1 Å². The molecule has 1 saturated heterocycles. The number of aromatic nitrogens is 1. The quantitative estimate of drug-likeness (QED) is 0.587. The van der Waals surface area contributed by atoms with Crippen molar-refractivity contribution in [2.45, 2.75) is 38.3 Å². The zero-order valence-corrected chi connectivity index (χ0v) is 15.4. The zero-order chi connectivity index (χ0) is 19.6. The van der Waals surface area contributed by atoms with Crippen molar-refractivity contribution in [1.29, 1.82) is 0 Å². The van der Waals surface area contributed by atoms with Gasteiger partial charge in [0.05, 0.1) is 24.5 Å². The number of amides is 1. The molecule has 2 aromatic rings. The van der Waals surface area contributed by atoms with Gasteiger partial charge in [-0.3, -0.25) is 4.79 Å². The number of aryl methyl sites for hydroxylation is 2. The predicted octanol–water partition coefficient (Wildman–Crippen LogP) is 1.41. The Morgan fingerprint density at radius 1 is 1.41 bits per heavy atom. The number of aliphatic hydroxyl groups excluding tert-OH is 2. The van der Waals surface area contributed by atoms with Crippen LogP contribution in [0.25, 0.3) is 0 Å². The average molecular weight is 375 g/mol. The third-order valence-corrected chi connectivity index (χ3v) is 4.43. The molecule has 3 rings (SSSR count). The summed E-state index contributed by atoms with van der Waals surface area (Å²) >= 11 is 0. The molecule has 1 aromatic carbocycles. The van der Waals surface area contributed by atoms with Crippen LogP contribution in [0.15, 0.2) is 30.5 Å². The number of anilines is 2. The van der Waals surface area contributed by atoms with Gasteiger partial charge < -0.3 is 35.3 Å². The number of aliphatic hydroxyl groups is 2. The molecule has 2 heterocycles. The first-order valence-corrected chi connectivity index (χ1v) is 8.80. The van der Waals surface area contributed by atoms with E-state index < -0.39 is 18.5 Å². The van der Waals surface area contributed by atoms with Crippen molar-refractivity contribution < 1.29 is 24.5 Å². The van der Waals surface area contributed by atoms with Gasteiger partial charge in [0.25, 0.3) is 5.91 Å². The number of carbonyl (C=O) groups excluding carboxylic acids is 1. The van der Waals surface area contributed by atoms with E-state index in [1.54, 1.807) is 35.9 Å². The standard InChI is InChI=1S/C19H25N3O5/c1-11-5-16(22(2)9-11)19(25)21-15-4-3-12(20)6-17(15)27-18-8-13(24)7-14(10-23)26-18/h3-6,9,13-14,18,23-24H,7-8,10,20H2,1-2H3,(H,21,25)/t13-,14-,18-/m0/s1. The van der Waals surface area contributed by atoms with Gasteiger partial charge in [0.2, 0.25) is 6.29 Å². The number of carbonyl (C=O) groups is 1. The van der Waals surface area contributed by atoms with E-state index in [0.29, 0.717) is 29.2 Å². The Labute approximate surface area is 157 Å². The Bertz CT molecular complexity index is 820. The number of nitrogens with zero attached hydrogens (tertiary/aromatic N) is 1. The van der Waals surface area contributed by atoms with Crippen molar-refractivity contribution >= 4 is 17.3 Å². The van der Waals surface area contributed by atoms with Gasteiger partial charge in [-0.05, 0) is 30.7 Å². The Balaban J connectivity index is 1.79. The summed E-state index contributed by atoms with van der Waals surface area (Å²) in [7, 11) is 1.80. The molecule has 0 aliphatic carbocycles. The smallest absolute Gasteiger partial charge is 0.272 e. The van der Waals surface area contributed by atoms with Crippen LogP contribution >= 0.6 is 0 Å². The van der Waals surface area contributed by atoms with E-state index in [-0.39, 0.29) is 18.9 Å². The van der Waals surface area contributed by atoms with Gasteiger partial charge in [0, 0.05) is 37.8 Å². The molecule has 0 saturated carbocycles. The van der Waals surface area contributed by atoms with Crippen molar-refractivity contribution in [3.63, 3.8) is 0 Å². The number of benzene rings is 1. The summed E-state index contributed by atoms with van der Waals surface area (Å²) in [6.07, 6.45) is 0.595. The van der Waals surface area contributed by atoms with E-state index in [4.69, 9.17) is 15.2 Å². The van der Waals surface area contributed by atoms with Gasteiger partial charge in [0.1, 0.15) is 11.4 Å². The fourth-order valence-corrected chi connectivity index (χ4v) is 3.16. The van der Waals surface area contributed by atoms with Crippen LogP contribution in [-0.2, 0) is 11.8 Å². The lowest BCUT2D eigenvalue weighted by Gasteiger charge is -2.32. The molecule has 0 radical (unpaired) electrons. The van der Waals surface area contributed by atoms with Crippen LogP contribution < -0.4 is 15.8 Å². The SMILES string of the molecule is Cc1cc(C(=O)Nc2ccc(N)cc2O[C@H]2C[C@@H](O)C[C@@H](CO)O2)n(C)c1. The highest BCUT2D eigenvalue weighted by Gasteiger charge is 2.30. The molecule has 0 spiro atoms. The maximum atomic E-state index is 12.6. The maximum absolute atomic E-state index is 12.6. The number of rotatable bonds is 5. The highest BCUT2D eigenvalue weighted by Crippen LogP contribution is 2.31. The summed E-state index contributed by atoms with van der Waals surface area (Å²) in [5, 5.41) is 22.1. The number of nitrogen functional groups attached to an aromatic ring is 1. The van der Waals surface area contributed by atoms with E-state index >= 15 is 0 Å². The predicted molar refractivity (Wildman–Crippen MR) is 101 cm³/mol. The Morgan fingerprint density at radius 2 is 2.19 bits per heavy atom. The number of ether oxygens (including phenoxy) is 2. The molecule has 3 atom stereocenters. The van der Waals surface area contributed by atoms with Crippen molar-refractivity contribution in [3.8, 4) is 5.75 Å². The summed E-state index contributed by atoms with van der Waals surface area (Å²) < 4.78 is 13.2. The van der Waals surface area contributed by atoms with Crippen LogP contribution in [0.1, 0.15) is 28.9 Å². The van der Waals surface area contributed by atoms with Crippen molar-refractivity contribution in [2.24, 2.45) is 7.05 Å². The largest absolute Gasteiger partial charge is 0.463 e. The highest BCUT2D eigenvalue weighted by molar-refractivity contribution is 6.04. The molecule has 27 heavy (non-hydrogen) atoms. The maximum Gasteiger partial charge on any atom is 0.272 e. The molecule has 5 N–H and O–H groups in total. The van der Waals surface area contributed by atoms with Gasteiger partial charge >= 0.3 is 0 Å². The molecule has 1 fully saturated rings. The molecule has 1 aromatic heterocycles. The summed E-state index contributed by atoms with van der Waals surface area (Å²) in [4.78, 5) is 12.6. The first-order valence-electron chi connectivity index (χ1n) is 8.80. The molecule has 1 amide bonds. The van der Waals surface area contributed by atoms with Crippen LogP contribution in [0.4, 0.5) is 11.4 Å². The average Bonchev–Trinajstić information content (AvgIpc) is 2.95. The lowest BCUT2D eigenvalue weighted by atomic mass is 10.1. The number of nitrogens with two attached hydrogens (primary N) is 1. The van der Waals surface area contributed by atoms with E-state index in [1.165, 1.54) is 0 Å². The first-order chi connectivity index (χ1) is 12.9. The molecule has 8 nitrogen and oxygen atoms in total. The minimum Gasteiger partial charge on any atom is -0.463 e. The monoisotopic (exact) mass is 375 g/mol. The normalized spacial score (nSPS) is 22.4. The van der Waals surface area contributed by atoms with E-state index in [9.17, 15) is 15.0 Å². The van der Waals surface area contributed by atoms with Crippen molar-refractivity contribution in [1.82, 2.24) is 4.57 Å². The summed E-state index contributed by atoms with van der Waals surface area (Å²) in [5.41, 5.74) is 8.26. The second-order valence-corrected chi connectivity index (χ2v) is 6.84. The van der Waals surface area contributed by atoms with Gasteiger partial charge in [0.15, 0.2) is 0 Å². The second-order valence-electron chi connectivity index (χ2n) is 6.84. The van der Waals surface area contributed by atoms with Crippen LogP contribution in [0.3, 0.4) is 0 Å². The van der Waals surface area contributed by atoms with Gasteiger partial charge in [-0.1, -0.05) is 0 Å². The minimum absolute atomic E-state index is 0.204. The van der Waals surface area contributed by atoms with Crippen molar-refractivity contribution in [2.75, 3.05) is 17.7 Å². The lowest BCUT2D eigenvalue weighted by molar-refractivity contribution is -0.184. The molecular formula is C19H25N3O5. The molecule has 146 valence electrons. The fraction of sp³-hybridized carbons (Fsp3) is 0.421. The zero-order valence-electron chi connectivity index (χ0n) is 15.4. The summed E-state index contributed by atoms with van der Waals surface area (Å²) in [6, 6.07) is 6.69. The van der Waals surface area contributed by atoms with E-state index in [2.05, 4.69) is 5.32 Å². The summed E-state index contributed by atoms with van der Waals surface area (Å²) in [5.74, 6) is 0.0584. The second kappa shape index (κ2) is 7.99. The Morgan fingerprint density at radius 3 is 2.85 bits per heavy atom. The topological polar surface area (TPSA) is 119 Å². The van der Waals surface area contributed by atoms with Crippen LogP contribution in [0.5, 0.6) is 5.75 Å².